The minimum atomic E-state index is 0.0642. The van der Waals surface area contributed by atoms with Crippen LogP contribution in [-0.4, -0.2) is 34.4 Å². The Hall–Kier alpha value is -2.20. The van der Waals surface area contributed by atoms with Crippen molar-refractivity contribution in [1.82, 2.24) is 9.88 Å². The molecule has 3 aliphatic rings. The van der Waals surface area contributed by atoms with Crippen LogP contribution in [-0.2, 0) is 17.8 Å². The topological polar surface area (TPSA) is 36.4 Å². The Bertz CT molecular complexity index is 817. The predicted octanol–water partition coefficient (Wildman–Crippen LogP) is 3.42. The Labute approximate surface area is 154 Å². The highest BCUT2D eigenvalue weighted by Crippen LogP contribution is 2.43. The van der Waals surface area contributed by atoms with Gasteiger partial charge in [0, 0.05) is 42.6 Å². The monoisotopic (exact) mass is 347 g/mol. The summed E-state index contributed by atoms with van der Waals surface area (Å²) in [4.78, 5) is 22.0. The highest BCUT2D eigenvalue weighted by Gasteiger charge is 2.48. The lowest BCUT2D eigenvalue weighted by Gasteiger charge is -2.47. The summed E-state index contributed by atoms with van der Waals surface area (Å²) in [6.07, 6.45) is 9.32. The van der Waals surface area contributed by atoms with E-state index >= 15 is 0 Å². The van der Waals surface area contributed by atoms with Gasteiger partial charge in [-0.05, 0) is 61.9 Å². The van der Waals surface area contributed by atoms with Gasteiger partial charge in [0.15, 0.2) is 0 Å². The van der Waals surface area contributed by atoms with Gasteiger partial charge in [0.2, 0.25) is 5.91 Å². The molecule has 4 heteroatoms. The number of para-hydroxylation sites is 1. The van der Waals surface area contributed by atoms with Crippen molar-refractivity contribution < 1.29 is 4.79 Å². The summed E-state index contributed by atoms with van der Waals surface area (Å²) in [5.74, 6) is 0.594. The van der Waals surface area contributed by atoms with E-state index in [9.17, 15) is 4.79 Å². The second-order valence-electron chi connectivity index (χ2n) is 8.11. The average molecular weight is 347 g/mol. The Kier molecular flexibility index (Phi) is 3.82. The lowest BCUT2D eigenvalue weighted by atomic mass is 9.82. The number of likely N-dealkylation sites (tertiary alicyclic amines) is 1. The Morgan fingerprint density at radius 3 is 2.88 bits per heavy atom. The number of nitrogens with zero attached hydrogens (tertiary/aromatic N) is 3. The second kappa shape index (κ2) is 6.20. The molecule has 1 saturated carbocycles. The molecule has 1 aromatic carbocycles. The van der Waals surface area contributed by atoms with E-state index in [0.717, 1.165) is 51.0 Å². The first-order chi connectivity index (χ1) is 12.8. The molecule has 2 aromatic rings. The molecule has 0 N–H and O–H groups in total. The smallest absolute Gasteiger partial charge is 0.230 e. The number of amides is 1. The standard InChI is InChI=1S/C22H25N3O/c26-21(18-8-9-18)25-16-22(13-19-6-1-2-7-20(19)25)10-4-12-24(22)15-17-5-3-11-23-14-17/h1-3,5-7,11,14,18H,4,8-10,12-13,15-16H2. The lowest BCUT2D eigenvalue weighted by molar-refractivity contribution is -0.120. The number of anilines is 1. The normalized spacial score (nSPS) is 25.5. The Balaban J connectivity index is 1.49. The van der Waals surface area contributed by atoms with Crippen molar-refractivity contribution in [3.8, 4) is 0 Å². The molecule has 1 spiro atoms. The number of hydrogen-bond acceptors (Lipinski definition) is 3. The maximum atomic E-state index is 13.0. The number of benzene rings is 1. The van der Waals surface area contributed by atoms with E-state index < -0.39 is 0 Å². The van der Waals surface area contributed by atoms with Gasteiger partial charge in [-0.15, -0.1) is 0 Å². The Morgan fingerprint density at radius 2 is 2.08 bits per heavy atom. The summed E-state index contributed by atoms with van der Waals surface area (Å²) in [6.45, 7) is 2.85. The van der Waals surface area contributed by atoms with Gasteiger partial charge >= 0.3 is 0 Å². The largest absolute Gasteiger partial charge is 0.310 e. The molecule has 2 fully saturated rings. The maximum Gasteiger partial charge on any atom is 0.230 e. The minimum absolute atomic E-state index is 0.0642. The third-order valence-corrected chi connectivity index (χ3v) is 6.28. The average Bonchev–Trinajstić information content (AvgIpc) is 3.46. The van der Waals surface area contributed by atoms with Gasteiger partial charge in [-0.3, -0.25) is 14.7 Å². The van der Waals surface area contributed by atoms with Crippen LogP contribution in [0.3, 0.4) is 0 Å². The van der Waals surface area contributed by atoms with Gasteiger partial charge < -0.3 is 4.90 Å². The zero-order chi connectivity index (χ0) is 17.6. The van der Waals surface area contributed by atoms with E-state index in [4.69, 9.17) is 0 Å². The first-order valence-corrected chi connectivity index (χ1v) is 9.78. The molecule has 3 heterocycles. The van der Waals surface area contributed by atoms with Crippen LogP contribution < -0.4 is 4.90 Å². The van der Waals surface area contributed by atoms with Gasteiger partial charge in [0.25, 0.3) is 0 Å². The van der Waals surface area contributed by atoms with Gasteiger partial charge in [-0.2, -0.15) is 0 Å². The zero-order valence-electron chi connectivity index (χ0n) is 15.1. The van der Waals surface area contributed by atoms with Gasteiger partial charge in [0.1, 0.15) is 0 Å². The molecule has 0 radical (unpaired) electrons. The zero-order valence-corrected chi connectivity index (χ0v) is 15.1. The molecule has 26 heavy (non-hydrogen) atoms. The van der Waals surface area contributed by atoms with E-state index in [1.165, 1.54) is 17.5 Å². The molecule has 1 aliphatic carbocycles. The van der Waals surface area contributed by atoms with Crippen LogP contribution in [0.5, 0.6) is 0 Å². The number of carbonyl (C=O) groups excluding carboxylic acids is 1. The van der Waals surface area contributed by atoms with Crippen molar-refractivity contribution in [2.24, 2.45) is 5.92 Å². The maximum absolute atomic E-state index is 13.0. The fourth-order valence-corrected chi connectivity index (χ4v) is 4.79. The molecular weight excluding hydrogens is 322 g/mol. The number of carbonyl (C=O) groups is 1. The number of aromatic nitrogens is 1. The van der Waals surface area contributed by atoms with Gasteiger partial charge in [-0.1, -0.05) is 24.3 Å². The van der Waals surface area contributed by atoms with E-state index in [0.29, 0.717) is 5.91 Å². The van der Waals surface area contributed by atoms with Gasteiger partial charge in [0.05, 0.1) is 0 Å². The summed E-state index contributed by atoms with van der Waals surface area (Å²) in [7, 11) is 0. The molecule has 134 valence electrons. The van der Waals surface area contributed by atoms with Crippen LogP contribution in [0.2, 0.25) is 0 Å². The van der Waals surface area contributed by atoms with Crippen LogP contribution in [0.15, 0.2) is 48.8 Å². The van der Waals surface area contributed by atoms with Crippen molar-refractivity contribution in [3.05, 3.63) is 59.9 Å². The van der Waals surface area contributed by atoms with Crippen LogP contribution in [0.1, 0.15) is 36.8 Å². The fraction of sp³-hybridized carbons (Fsp3) is 0.455. The van der Waals surface area contributed by atoms with E-state index in [1.54, 1.807) is 0 Å². The lowest BCUT2D eigenvalue weighted by Crippen LogP contribution is -2.57. The molecule has 0 bridgehead atoms. The molecule has 4 nitrogen and oxygen atoms in total. The van der Waals surface area contributed by atoms with E-state index in [-0.39, 0.29) is 11.5 Å². The van der Waals surface area contributed by atoms with Crippen molar-refractivity contribution >= 4 is 11.6 Å². The molecular formula is C22H25N3O. The quantitative estimate of drug-likeness (QED) is 0.854. The van der Waals surface area contributed by atoms with Crippen molar-refractivity contribution in [1.29, 1.82) is 0 Å². The molecule has 1 aromatic heterocycles. The summed E-state index contributed by atoms with van der Waals surface area (Å²) >= 11 is 0. The SMILES string of the molecule is O=C(C1CC1)N1CC2(CCCN2Cc2cccnc2)Cc2ccccc21. The first kappa shape index (κ1) is 16.0. The van der Waals surface area contributed by atoms with Gasteiger partial charge in [-0.25, -0.2) is 0 Å². The molecule has 1 amide bonds. The number of rotatable bonds is 3. The highest BCUT2D eigenvalue weighted by atomic mass is 16.2. The summed E-state index contributed by atoms with van der Waals surface area (Å²) < 4.78 is 0. The minimum Gasteiger partial charge on any atom is -0.310 e. The molecule has 1 unspecified atom stereocenters. The number of hydrogen-bond donors (Lipinski definition) is 0. The third-order valence-electron chi connectivity index (χ3n) is 6.28. The summed E-state index contributed by atoms with van der Waals surface area (Å²) in [5, 5.41) is 0. The van der Waals surface area contributed by atoms with Crippen LogP contribution in [0.4, 0.5) is 5.69 Å². The van der Waals surface area contributed by atoms with E-state index in [2.05, 4.69) is 45.1 Å². The molecule has 1 atom stereocenters. The molecule has 2 aliphatic heterocycles. The fourth-order valence-electron chi connectivity index (χ4n) is 4.79. The third kappa shape index (κ3) is 2.73. The van der Waals surface area contributed by atoms with Crippen LogP contribution >= 0.6 is 0 Å². The predicted molar refractivity (Wildman–Crippen MR) is 102 cm³/mol. The summed E-state index contributed by atoms with van der Waals surface area (Å²) in [5.41, 5.74) is 3.79. The Morgan fingerprint density at radius 1 is 1.19 bits per heavy atom. The van der Waals surface area contributed by atoms with Crippen LogP contribution in [0.25, 0.3) is 0 Å². The molecule has 5 rings (SSSR count). The summed E-state index contributed by atoms with van der Waals surface area (Å²) in [6, 6.07) is 12.7. The first-order valence-electron chi connectivity index (χ1n) is 9.78. The second-order valence-corrected chi connectivity index (χ2v) is 8.11. The number of fused-ring (bicyclic) bond motifs is 1. The number of pyridine rings is 1. The van der Waals surface area contributed by atoms with Crippen molar-refractivity contribution in [2.45, 2.75) is 44.2 Å². The van der Waals surface area contributed by atoms with E-state index in [1.807, 2.05) is 18.5 Å². The molecule has 1 saturated heterocycles. The highest BCUT2D eigenvalue weighted by molar-refractivity contribution is 5.97. The van der Waals surface area contributed by atoms with Crippen molar-refractivity contribution in [3.63, 3.8) is 0 Å². The van der Waals surface area contributed by atoms with Crippen molar-refractivity contribution in [2.75, 3.05) is 18.0 Å². The van der Waals surface area contributed by atoms with Crippen LogP contribution in [0, 0.1) is 5.92 Å².